The Bertz CT molecular complexity index is 643. The second-order valence-electron chi connectivity index (χ2n) is 5.04. The molecule has 0 aliphatic rings. The van der Waals surface area contributed by atoms with Crippen LogP contribution in [0.1, 0.15) is 36.6 Å². The van der Waals surface area contributed by atoms with Crippen molar-refractivity contribution in [3.8, 4) is 11.4 Å². The zero-order chi connectivity index (χ0) is 15.8. The molecule has 0 saturated carbocycles. The summed E-state index contributed by atoms with van der Waals surface area (Å²) in [4.78, 5) is 8.26. The maximum absolute atomic E-state index is 13.1. The first-order valence-electron chi connectivity index (χ1n) is 6.42. The number of benzene rings is 1. The van der Waals surface area contributed by atoms with Crippen LogP contribution >= 0.6 is 11.6 Å². The number of rotatable bonds is 2. The van der Waals surface area contributed by atoms with Gasteiger partial charge >= 0.3 is 6.18 Å². The first-order chi connectivity index (χ1) is 9.71. The molecular formula is C15H14ClF3N2. The minimum absolute atomic E-state index is 0.00479. The van der Waals surface area contributed by atoms with Gasteiger partial charge < -0.3 is 0 Å². The molecule has 0 unspecified atom stereocenters. The third-order valence-corrected chi connectivity index (χ3v) is 3.43. The summed E-state index contributed by atoms with van der Waals surface area (Å²) in [5.41, 5.74) is 0.518. The first-order valence-corrected chi connectivity index (χ1v) is 6.80. The molecule has 0 amide bonds. The van der Waals surface area contributed by atoms with E-state index in [0.29, 0.717) is 5.69 Å². The van der Waals surface area contributed by atoms with E-state index in [1.807, 2.05) is 13.8 Å². The van der Waals surface area contributed by atoms with E-state index in [0.717, 1.165) is 11.6 Å². The summed E-state index contributed by atoms with van der Waals surface area (Å²) < 4.78 is 39.2. The van der Waals surface area contributed by atoms with Crippen molar-refractivity contribution >= 4 is 11.6 Å². The van der Waals surface area contributed by atoms with Crippen LogP contribution < -0.4 is 0 Å². The first kappa shape index (κ1) is 15.8. The van der Waals surface area contributed by atoms with Gasteiger partial charge in [0.15, 0.2) is 5.82 Å². The summed E-state index contributed by atoms with van der Waals surface area (Å²) in [5, 5.41) is 0.199. The fourth-order valence-corrected chi connectivity index (χ4v) is 2.68. The minimum Gasteiger partial charge on any atom is -0.233 e. The van der Waals surface area contributed by atoms with Crippen LogP contribution in [-0.4, -0.2) is 9.97 Å². The summed E-state index contributed by atoms with van der Waals surface area (Å²) in [5.74, 6) is 0.0965. The Morgan fingerprint density at radius 2 is 1.71 bits per heavy atom. The molecule has 0 saturated heterocycles. The van der Waals surface area contributed by atoms with E-state index in [1.165, 1.54) is 18.2 Å². The Hall–Kier alpha value is -1.62. The van der Waals surface area contributed by atoms with E-state index in [9.17, 15) is 13.2 Å². The molecule has 1 aromatic carbocycles. The molecule has 6 heteroatoms. The zero-order valence-corrected chi connectivity index (χ0v) is 12.5. The normalized spacial score (nSPS) is 12.0. The van der Waals surface area contributed by atoms with E-state index >= 15 is 0 Å². The summed E-state index contributed by atoms with van der Waals surface area (Å²) in [6.45, 7) is 5.59. The summed E-state index contributed by atoms with van der Waals surface area (Å²) in [6, 6.07) is 5.22. The average molecular weight is 315 g/mol. The maximum Gasteiger partial charge on any atom is 0.417 e. The fraction of sp³-hybridized carbons (Fsp3) is 0.333. The zero-order valence-electron chi connectivity index (χ0n) is 11.8. The van der Waals surface area contributed by atoms with Gasteiger partial charge in [0.05, 0.1) is 5.56 Å². The lowest BCUT2D eigenvalue weighted by molar-refractivity contribution is -0.137. The smallest absolute Gasteiger partial charge is 0.233 e. The van der Waals surface area contributed by atoms with Crippen LogP contribution in [0.2, 0.25) is 5.15 Å². The van der Waals surface area contributed by atoms with Gasteiger partial charge in [-0.2, -0.15) is 13.2 Å². The topological polar surface area (TPSA) is 25.8 Å². The van der Waals surface area contributed by atoms with Gasteiger partial charge in [-0.3, -0.25) is 0 Å². The maximum atomic E-state index is 13.1. The lowest BCUT2D eigenvalue weighted by Gasteiger charge is -2.15. The summed E-state index contributed by atoms with van der Waals surface area (Å²) in [6.07, 6.45) is -4.46. The highest BCUT2D eigenvalue weighted by molar-refractivity contribution is 6.30. The molecule has 0 N–H and O–H groups in total. The lowest BCUT2D eigenvalue weighted by atomic mass is 10.0. The van der Waals surface area contributed by atoms with Crippen molar-refractivity contribution in [2.24, 2.45) is 0 Å². The third-order valence-electron chi connectivity index (χ3n) is 3.14. The number of hydrogen-bond donors (Lipinski definition) is 0. The lowest BCUT2D eigenvalue weighted by Crippen LogP contribution is -2.09. The number of alkyl halides is 3. The molecular weight excluding hydrogens is 301 g/mol. The van der Waals surface area contributed by atoms with Gasteiger partial charge in [0.2, 0.25) is 0 Å². The molecule has 112 valence electrons. The van der Waals surface area contributed by atoms with Crippen LogP contribution in [0.15, 0.2) is 24.3 Å². The Morgan fingerprint density at radius 1 is 1.10 bits per heavy atom. The summed E-state index contributed by atoms with van der Waals surface area (Å²) in [7, 11) is 0. The van der Waals surface area contributed by atoms with Crippen molar-refractivity contribution in [3.63, 3.8) is 0 Å². The number of aryl methyl sites for hydroxylation is 1. The van der Waals surface area contributed by atoms with Crippen molar-refractivity contribution < 1.29 is 13.2 Å². The highest BCUT2D eigenvalue weighted by Gasteiger charge is 2.34. The molecule has 21 heavy (non-hydrogen) atoms. The van der Waals surface area contributed by atoms with Crippen LogP contribution in [0, 0.1) is 6.92 Å². The van der Waals surface area contributed by atoms with Gasteiger partial charge in [0.25, 0.3) is 0 Å². The van der Waals surface area contributed by atoms with Crippen LogP contribution in [0.25, 0.3) is 11.4 Å². The predicted molar refractivity (Wildman–Crippen MR) is 76.3 cm³/mol. The van der Waals surface area contributed by atoms with Crippen LogP contribution in [0.4, 0.5) is 13.2 Å². The second-order valence-corrected chi connectivity index (χ2v) is 5.39. The van der Waals surface area contributed by atoms with Crippen molar-refractivity contribution in [1.82, 2.24) is 9.97 Å². The molecule has 0 bridgehead atoms. The van der Waals surface area contributed by atoms with E-state index in [2.05, 4.69) is 9.97 Å². The van der Waals surface area contributed by atoms with Crippen molar-refractivity contribution in [3.05, 3.63) is 46.2 Å². The monoisotopic (exact) mass is 314 g/mol. The SMILES string of the molecule is Cc1nc(-c2ccccc2C(F)(F)F)nc(Cl)c1C(C)C. The number of hydrogen-bond acceptors (Lipinski definition) is 2. The molecule has 0 aliphatic heterocycles. The van der Waals surface area contributed by atoms with Gasteiger partial charge in [-0.1, -0.05) is 43.6 Å². The number of nitrogens with zero attached hydrogens (tertiary/aromatic N) is 2. The highest BCUT2D eigenvalue weighted by atomic mass is 35.5. The Labute approximate surface area is 126 Å². The van der Waals surface area contributed by atoms with Crippen LogP contribution in [0.5, 0.6) is 0 Å². The molecule has 0 aliphatic carbocycles. The largest absolute Gasteiger partial charge is 0.417 e. The van der Waals surface area contributed by atoms with Crippen LogP contribution in [0.3, 0.4) is 0 Å². The van der Waals surface area contributed by atoms with Gasteiger partial charge in [0, 0.05) is 16.8 Å². The molecule has 0 fully saturated rings. The molecule has 2 nitrogen and oxygen atoms in total. The van der Waals surface area contributed by atoms with Crippen molar-refractivity contribution in [1.29, 1.82) is 0 Å². The van der Waals surface area contributed by atoms with Crippen molar-refractivity contribution in [2.45, 2.75) is 32.9 Å². The molecule has 1 aromatic heterocycles. The molecule has 0 spiro atoms. The van der Waals surface area contributed by atoms with Gasteiger partial charge in [-0.25, -0.2) is 9.97 Å². The number of aromatic nitrogens is 2. The summed E-state index contributed by atoms with van der Waals surface area (Å²) >= 11 is 6.11. The highest BCUT2D eigenvalue weighted by Crippen LogP contribution is 2.37. The average Bonchev–Trinajstić information content (AvgIpc) is 2.36. The quantitative estimate of drug-likeness (QED) is 0.708. The van der Waals surface area contributed by atoms with E-state index in [4.69, 9.17) is 11.6 Å². The Kier molecular flexibility index (Phi) is 4.23. The van der Waals surface area contributed by atoms with E-state index in [1.54, 1.807) is 6.92 Å². The fourth-order valence-electron chi connectivity index (χ4n) is 2.25. The Morgan fingerprint density at radius 3 is 2.24 bits per heavy atom. The third kappa shape index (κ3) is 3.18. The Balaban J connectivity index is 2.65. The number of halogens is 4. The predicted octanol–water partition coefficient (Wildman–Crippen LogP) is 5.25. The standard InChI is InChI=1S/C15H14ClF3N2/c1-8(2)12-9(3)20-14(21-13(12)16)10-6-4-5-7-11(10)15(17,18)19/h4-8H,1-3H3. The molecule has 2 aromatic rings. The molecule has 2 rings (SSSR count). The van der Waals surface area contributed by atoms with E-state index in [-0.39, 0.29) is 22.5 Å². The van der Waals surface area contributed by atoms with Crippen molar-refractivity contribution in [2.75, 3.05) is 0 Å². The van der Waals surface area contributed by atoms with E-state index < -0.39 is 11.7 Å². The second kappa shape index (κ2) is 5.64. The van der Waals surface area contributed by atoms with Gasteiger partial charge in [-0.15, -0.1) is 0 Å². The molecule has 0 radical (unpaired) electrons. The molecule has 1 heterocycles. The minimum atomic E-state index is -4.46. The molecule has 0 atom stereocenters. The van der Waals surface area contributed by atoms with Crippen LogP contribution in [-0.2, 0) is 6.18 Å². The van der Waals surface area contributed by atoms with Gasteiger partial charge in [0.1, 0.15) is 5.15 Å². The van der Waals surface area contributed by atoms with Gasteiger partial charge in [-0.05, 0) is 18.9 Å².